The molecule has 1 rings (SSSR count). The molecule has 0 bridgehead atoms. The van der Waals surface area contributed by atoms with Crippen molar-refractivity contribution in [3.63, 3.8) is 0 Å². The van der Waals surface area contributed by atoms with Gasteiger partial charge in [0.15, 0.2) is 0 Å². The predicted octanol–water partition coefficient (Wildman–Crippen LogP) is 2.71. The lowest BCUT2D eigenvalue weighted by molar-refractivity contribution is 0.814. The maximum Gasteiger partial charge on any atom is 0.106 e. The maximum atomic E-state index is 5.63. The number of nitrogens with two attached hydrogens (primary N) is 1. The summed E-state index contributed by atoms with van der Waals surface area (Å²) in [5.74, 6) is 0. The van der Waals surface area contributed by atoms with Crippen molar-refractivity contribution in [3.8, 4) is 0 Å². The molecule has 0 saturated heterocycles. The van der Waals surface area contributed by atoms with E-state index in [1.807, 2.05) is 19.1 Å². The molecule has 0 aliphatic heterocycles. The average Bonchev–Trinajstić information content (AvgIpc) is 1.88. The lowest BCUT2D eigenvalue weighted by Gasteiger charge is -2.03. The predicted molar refractivity (Wildman–Crippen MR) is 59.0 cm³/mol. The Kier molecular flexibility index (Phi) is 8.15. The van der Waals surface area contributed by atoms with Gasteiger partial charge in [-0.3, -0.25) is 0 Å². The Morgan fingerprint density at radius 3 is 2.42 bits per heavy atom. The van der Waals surface area contributed by atoms with Gasteiger partial charge in [0.25, 0.3) is 0 Å². The van der Waals surface area contributed by atoms with Gasteiger partial charge in [-0.1, -0.05) is 0 Å². The van der Waals surface area contributed by atoms with Crippen LogP contribution >= 0.6 is 40.7 Å². The second-order valence-electron chi connectivity index (χ2n) is 2.20. The van der Waals surface area contributed by atoms with E-state index in [1.54, 1.807) is 6.20 Å². The van der Waals surface area contributed by atoms with Crippen LogP contribution in [0.25, 0.3) is 0 Å². The summed E-state index contributed by atoms with van der Waals surface area (Å²) in [6, 6.07) is 3.92. The van der Waals surface area contributed by atoms with Gasteiger partial charge in [-0.15, -0.1) is 24.8 Å². The molecule has 2 N–H and O–H groups in total. The highest BCUT2D eigenvalue weighted by molar-refractivity contribution is 9.10. The van der Waals surface area contributed by atoms with Crippen LogP contribution in [0.3, 0.4) is 0 Å². The lowest BCUT2D eigenvalue weighted by atomic mass is 10.1. The van der Waals surface area contributed by atoms with Crippen LogP contribution in [0.1, 0.15) is 18.5 Å². The molecule has 0 aromatic carbocycles. The zero-order valence-electron chi connectivity index (χ0n) is 6.53. The molecule has 0 spiro atoms. The minimum Gasteiger partial charge on any atom is -0.324 e. The molecule has 12 heavy (non-hydrogen) atoms. The molecule has 1 heterocycles. The smallest absolute Gasteiger partial charge is 0.106 e. The lowest BCUT2D eigenvalue weighted by Crippen LogP contribution is -2.04. The van der Waals surface area contributed by atoms with Crippen molar-refractivity contribution in [2.24, 2.45) is 5.73 Å². The van der Waals surface area contributed by atoms with Gasteiger partial charge in [0.05, 0.1) is 0 Å². The van der Waals surface area contributed by atoms with E-state index in [9.17, 15) is 0 Å². The van der Waals surface area contributed by atoms with Crippen LogP contribution in [0, 0.1) is 0 Å². The fraction of sp³-hybridized carbons (Fsp3) is 0.286. The van der Waals surface area contributed by atoms with Crippen molar-refractivity contribution < 1.29 is 0 Å². The molecule has 0 amide bonds. The highest BCUT2D eigenvalue weighted by atomic mass is 79.9. The number of rotatable bonds is 1. The van der Waals surface area contributed by atoms with E-state index in [0.29, 0.717) is 0 Å². The SMILES string of the molecule is C[C@@H](N)c1ccnc(Br)c1.Cl.Cl. The summed E-state index contributed by atoms with van der Waals surface area (Å²) in [4.78, 5) is 3.98. The summed E-state index contributed by atoms with van der Waals surface area (Å²) in [7, 11) is 0. The normalized spacial score (nSPS) is 10.9. The first-order chi connectivity index (χ1) is 4.70. The maximum absolute atomic E-state index is 5.63. The fourth-order valence-corrected chi connectivity index (χ4v) is 1.08. The summed E-state index contributed by atoms with van der Waals surface area (Å²) in [6.45, 7) is 1.95. The van der Waals surface area contributed by atoms with Crippen molar-refractivity contribution in [1.82, 2.24) is 4.98 Å². The summed E-state index contributed by atoms with van der Waals surface area (Å²) in [5, 5.41) is 0. The van der Waals surface area contributed by atoms with Crippen LogP contribution in [0.15, 0.2) is 22.9 Å². The van der Waals surface area contributed by atoms with Gasteiger partial charge >= 0.3 is 0 Å². The Morgan fingerprint density at radius 1 is 1.50 bits per heavy atom. The number of hydrogen-bond acceptors (Lipinski definition) is 2. The molecular formula is C7H11BrCl2N2. The highest BCUT2D eigenvalue weighted by Crippen LogP contribution is 2.12. The molecule has 0 saturated carbocycles. The third-order valence-electron chi connectivity index (χ3n) is 1.28. The number of halogens is 3. The Balaban J connectivity index is 0. The molecule has 1 atom stereocenters. The molecule has 5 heteroatoms. The van der Waals surface area contributed by atoms with Crippen LogP contribution in [0.2, 0.25) is 0 Å². The quantitative estimate of drug-likeness (QED) is 0.799. The van der Waals surface area contributed by atoms with E-state index in [4.69, 9.17) is 5.73 Å². The van der Waals surface area contributed by atoms with Crippen molar-refractivity contribution in [1.29, 1.82) is 0 Å². The molecule has 2 nitrogen and oxygen atoms in total. The molecule has 1 aromatic heterocycles. The second-order valence-corrected chi connectivity index (χ2v) is 3.01. The molecule has 0 radical (unpaired) electrons. The topological polar surface area (TPSA) is 38.9 Å². The van der Waals surface area contributed by atoms with Crippen LogP contribution in [0.4, 0.5) is 0 Å². The zero-order valence-corrected chi connectivity index (χ0v) is 9.75. The van der Waals surface area contributed by atoms with Gasteiger partial charge in [0, 0.05) is 12.2 Å². The van der Waals surface area contributed by atoms with E-state index in [0.717, 1.165) is 10.2 Å². The van der Waals surface area contributed by atoms with E-state index < -0.39 is 0 Å². The minimum absolute atomic E-state index is 0. The second kappa shape index (κ2) is 6.66. The summed E-state index contributed by atoms with van der Waals surface area (Å²) < 4.78 is 0.835. The van der Waals surface area contributed by atoms with Crippen LogP contribution in [-0.2, 0) is 0 Å². The minimum atomic E-state index is 0. The van der Waals surface area contributed by atoms with Crippen LogP contribution < -0.4 is 5.73 Å². The first kappa shape index (κ1) is 14.7. The standard InChI is InChI=1S/C7H9BrN2.2ClH/c1-5(9)6-2-3-10-7(8)4-6;;/h2-5H,9H2,1H3;2*1H/t5-;;/m1../s1. The third-order valence-corrected chi connectivity index (χ3v) is 1.71. The van der Waals surface area contributed by atoms with E-state index in [2.05, 4.69) is 20.9 Å². The summed E-state index contributed by atoms with van der Waals surface area (Å²) in [5.41, 5.74) is 6.73. The van der Waals surface area contributed by atoms with Gasteiger partial charge in [-0.25, -0.2) is 4.98 Å². The molecular weight excluding hydrogens is 263 g/mol. The Labute approximate surface area is 92.9 Å². The molecule has 0 aliphatic carbocycles. The van der Waals surface area contributed by atoms with Crippen LogP contribution in [-0.4, -0.2) is 4.98 Å². The van der Waals surface area contributed by atoms with E-state index in [1.165, 1.54) is 0 Å². The third kappa shape index (κ3) is 4.26. The Hall–Kier alpha value is 0.170. The molecule has 70 valence electrons. The van der Waals surface area contributed by atoms with Crippen molar-refractivity contribution in [2.45, 2.75) is 13.0 Å². The molecule has 0 unspecified atom stereocenters. The average molecular weight is 274 g/mol. The van der Waals surface area contributed by atoms with Crippen molar-refractivity contribution >= 4 is 40.7 Å². The zero-order chi connectivity index (χ0) is 7.56. The number of nitrogens with zero attached hydrogens (tertiary/aromatic N) is 1. The summed E-state index contributed by atoms with van der Waals surface area (Å²) in [6.07, 6.45) is 1.74. The van der Waals surface area contributed by atoms with E-state index in [-0.39, 0.29) is 30.9 Å². The number of hydrogen-bond donors (Lipinski definition) is 1. The molecule has 1 aromatic rings. The van der Waals surface area contributed by atoms with Crippen molar-refractivity contribution in [2.75, 3.05) is 0 Å². The first-order valence-electron chi connectivity index (χ1n) is 3.07. The largest absolute Gasteiger partial charge is 0.324 e. The number of pyridine rings is 1. The van der Waals surface area contributed by atoms with E-state index >= 15 is 0 Å². The molecule has 0 aliphatic rings. The van der Waals surface area contributed by atoms with Gasteiger partial charge in [-0.2, -0.15) is 0 Å². The Morgan fingerprint density at radius 2 is 2.08 bits per heavy atom. The van der Waals surface area contributed by atoms with Crippen molar-refractivity contribution in [3.05, 3.63) is 28.5 Å². The first-order valence-corrected chi connectivity index (χ1v) is 3.86. The monoisotopic (exact) mass is 272 g/mol. The number of aromatic nitrogens is 1. The fourth-order valence-electron chi connectivity index (χ4n) is 0.701. The van der Waals surface area contributed by atoms with Crippen LogP contribution in [0.5, 0.6) is 0 Å². The van der Waals surface area contributed by atoms with Gasteiger partial charge in [-0.05, 0) is 40.5 Å². The van der Waals surface area contributed by atoms with Gasteiger partial charge < -0.3 is 5.73 Å². The highest BCUT2D eigenvalue weighted by Gasteiger charge is 1.97. The molecule has 0 fully saturated rings. The Bertz CT molecular complexity index is 230. The van der Waals surface area contributed by atoms with Gasteiger partial charge in [0.1, 0.15) is 4.60 Å². The van der Waals surface area contributed by atoms with Gasteiger partial charge in [0.2, 0.25) is 0 Å². The summed E-state index contributed by atoms with van der Waals surface area (Å²) >= 11 is 3.26.